The molecule has 8 atom stereocenters. The van der Waals surface area contributed by atoms with Crippen molar-refractivity contribution >= 4 is 69.1 Å². The minimum atomic E-state index is -5.60. The summed E-state index contributed by atoms with van der Waals surface area (Å²) in [4.78, 5) is 88.7. The van der Waals surface area contributed by atoms with E-state index < -0.39 is 90.7 Å². The van der Waals surface area contributed by atoms with Crippen molar-refractivity contribution in [3.05, 3.63) is 85.6 Å². The predicted molar refractivity (Wildman–Crippen MR) is 294 cm³/mol. The summed E-state index contributed by atoms with van der Waals surface area (Å²) in [6.45, 7) is 2.50. The SMILES string of the molecule is CC/C=C\C/C=C\C/C=C\C/C=C\C/C=C\C/C=C\CCCCCC[C@@H](O)CC(=O)SCCNC(=O)CCNC(=O)[C@H](O)C(C)(C)COP(=O)(O)OP(=O)(O)OC[C@H]1O[C@@H](n2cnc3c(N)ncnc32)[C@H](O)[C@@H]1OP(=O)(O)O. The number of thioether (sulfide) groups is 1. The maximum atomic E-state index is 12.8. The molecular weight excluding hydrogens is 1100 g/mol. The fraction of sp³-hybridized carbons (Fsp3) is 0.592. The summed E-state index contributed by atoms with van der Waals surface area (Å²) in [5.74, 6) is -1.25. The van der Waals surface area contributed by atoms with Crippen molar-refractivity contribution in [2.24, 2.45) is 5.41 Å². The zero-order valence-corrected chi connectivity index (χ0v) is 47.7. The lowest BCUT2D eigenvalue weighted by molar-refractivity contribution is -0.137. The molecule has 438 valence electrons. The van der Waals surface area contributed by atoms with Crippen LogP contribution >= 0.6 is 35.2 Å². The number of imidazole rings is 1. The van der Waals surface area contributed by atoms with Gasteiger partial charge in [-0.25, -0.2) is 28.6 Å². The fourth-order valence-electron chi connectivity index (χ4n) is 7.28. The highest BCUT2D eigenvalue weighted by Gasteiger charge is 2.50. The van der Waals surface area contributed by atoms with Crippen LogP contribution in [0.25, 0.3) is 11.2 Å². The highest BCUT2D eigenvalue weighted by Crippen LogP contribution is 2.61. The molecule has 2 aromatic heterocycles. The highest BCUT2D eigenvalue weighted by molar-refractivity contribution is 8.13. The van der Waals surface area contributed by atoms with Gasteiger partial charge in [-0.2, -0.15) is 4.31 Å². The summed E-state index contributed by atoms with van der Waals surface area (Å²) in [5.41, 5.74) is 4.25. The van der Waals surface area contributed by atoms with Crippen LogP contribution in [0.5, 0.6) is 0 Å². The van der Waals surface area contributed by atoms with Crippen LogP contribution in [-0.2, 0) is 50.7 Å². The van der Waals surface area contributed by atoms with Crippen molar-refractivity contribution in [3.8, 4) is 0 Å². The molecule has 2 aromatic rings. The number of nitrogens with one attached hydrogen (secondary N) is 2. The lowest BCUT2D eigenvalue weighted by Gasteiger charge is -2.30. The molecule has 11 N–H and O–H groups in total. The topological polar surface area (TPSA) is 384 Å². The summed E-state index contributed by atoms with van der Waals surface area (Å²) in [6, 6.07) is 0. The normalized spacial score (nSPS) is 20.0. The van der Waals surface area contributed by atoms with Crippen LogP contribution in [0.2, 0.25) is 0 Å². The Hall–Kier alpha value is -4.04. The number of carbonyl (C=O) groups excluding carboxylic acids is 3. The molecule has 0 saturated carbocycles. The van der Waals surface area contributed by atoms with Crippen molar-refractivity contribution < 1.29 is 85.6 Å². The Morgan fingerprint density at radius 3 is 2.03 bits per heavy atom. The Balaban J connectivity index is 1.23. The number of phosphoric acid groups is 3. The number of nitrogen functional groups attached to an aromatic ring is 1. The van der Waals surface area contributed by atoms with Gasteiger partial charge in [0, 0.05) is 37.1 Å². The standard InChI is InChI=1S/C49H78N7O18P3S/c1-4-5-6-7-8-9-10-11-12-13-14-15-16-17-18-19-20-21-22-23-24-25-26-27-37(57)32-40(59)78-31-30-51-39(58)28-29-52-47(62)44(61)49(2,3)34-71-77(68,69)74-76(66,67)70-33-38-43(73-75(63,64)65)42(60)48(72-38)56-36-55-41-45(50)53-35-54-46(41)56/h5-6,8-9,11-12,14-15,17-18,20-21,35-38,42-44,48,57,60-61H,4,7,10,13,16,19,22-34H2,1-3H3,(H,51,58)(H,52,62)(H,66,67)(H,68,69)(H2,50,53,54)(H2,63,64,65)/b6-5-,9-8-,12-11-,15-14-,18-17-,21-20-/t37-,38-,42-,43-,44+,48-/m1/s1. The first-order valence-corrected chi connectivity index (χ1v) is 31.1. The van der Waals surface area contributed by atoms with E-state index in [-0.39, 0.29) is 53.8 Å². The quantitative estimate of drug-likeness (QED) is 0.0195. The Morgan fingerprint density at radius 1 is 0.821 bits per heavy atom. The van der Waals surface area contributed by atoms with E-state index in [9.17, 15) is 63.0 Å². The summed E-state index contributed by atoms with van der Waals surface area (Å²) >= 11 is 0.986. The van der Waals surface area contributed by atoms with Crippen LogP contribution in [0, 0.1) is 5.41 Å². The van der Waals surface area contributed by atoms with E-state index >= 15 is 0 Å². The van der Waals surface area contributed by atoms with Gasteiger partial charge in [0.05, 0.1) is 25.6 Å². The number of aliphatic hydroxyl groups is 3. The van der Waals surface area contributed by atoms with E-state index in [2.05, 4.69) is 114 Å². The van der Waals surface area contributed by atoms with Crippen molar-refractivity contribution in [1.82, 2.24) is 30.2 Å². The smallest absolute Gasteiger partial charge is 0.393 e. The molecule has 1 fully saturated rings. The summed E-state index contributed by atoms with van der Waals surface area (Å²) in [6.07, 6.45) is 29.6. The minimum absolute atomic E-state index is 0.000957. The third kappa shape index (κ3) is 27.4. The van der Waals surface area contributed by atoms with Crippen LogP contribution in [0.15, 0.2) is 85.6 Å². The number of nitrogens with two attached hydrogens (primary N) is 1. The number of ether oxygens (including phenoxy) is 1. The van der Waals surface area contributed by atoms with Crippen molar-refractivity contribution in [2.45, 2.75) is 147 Å². The summed E-state index contributed by atoms with van der Waals surface area (Å²) < 4.78 is 62.5. The van der Waals surface area contributed by atoms with E-state index in [1.807, 2.05) is 0 Å². The number of hydrogen-bond acceptors (Lipinski definition) is 19. The molecule has 2 amide bonds. The van der Waals surface area contributed by atoms with E-state index in [0.29, 0.717) is 6.42 Å². The number of aliphatic hydroxyl groups excluding tert-OH is 3. The van der Waals surface area contributed by atoms with Gasteiger partial charge in [-0.05, 0) is 57.8 Å². The van der Waals surface area contributed by atoms with Crippen LogP contribution in [0.4, 0.5) is 5.82 Å². The van der Waals surface area contributed by atoms with Gasteiger partial charge in [0.1, 0.15) is 36.3 Å². The molecule has 1 aliphatic rings. The van der Waals surface area contributed by atoms with Gasteiger partial charge in [0.2, 0.25) is 11.8 Å². The fourth-order valence-corrected chi connectivity index (χ4v) is 10.9. The van der Waals surface area contributed by atoms with Gasteiger partial charge < -0.3 is 56.0 Å². The van der Waals surface area contributed by atoms with E-state index in [1.54, 1.807) is 0 Å². The number of unbranched alkanes of at least 4 members (excludes halogenated alkanes) is 4. The maximum absolute atomic E-state index is 12.8. The molecule has 0 radical (unpaired) electrons. The zero-order valence-electron chi connectivity index (χ0n) is 44.2. The number of aromatic nitrogens is 4. The third-order valence-corrected chi connectivity index (χ3v) is 15.4. The zero-order chi connectivity index (χ0) is 57.6. The second kappa shape index (κ2) is 35.6. The summed E-state index contributed by atoms with van der Waals surface area (Å²) in [7, 11) is -16.5. The Labute approximate surface area is 459 Å². The molecule has 0 aromatic carbocycles. The highest BCUT2D eigenvalue weighted by atomic mass is 32.2. The van der Waals surface area contributed by atoms with Crippen LogP contribution in [0.3, 0.4) is 0 Å². The van der Waals surface area contributed by atoms with Crippen LogP contribution in [-0.4, -0.2) is 134 Å². The van der Waals surface area contributed by atoms with Gasteiger partial charge in [-0.1, -0.05) is 125 Å². The molecule has 29 heteroatoms. The third-order valence-electron chi connectivity index (χ3n) is 11.4. The molecule has 2 unspecified atom stereocenters. The molecule has 3 rings (SSSR count). The molecule has 0 spiro atoms. The van der Waals surface area contributed by atoms with Gasteiger partial charge >= 0.3 is 23.5 Å². The molecule has 78 heavy (non-hydrogen) atoms. The number of nitrogens with zero attached hydrogens (tertiary/aromatic N) is 4. The van der Waals surface area contributed by atoms with Gasteiger partial charge in [0.25, 0.3) is 0 Å². The van der Waals surface area contributed by atoms with Gasteiger partial charge in [-0.15, -0.1) is 0 Å². The average molecular weight is 1180 g/mol. The number of fused-ring (bicyclic) bond motifs is 1. The molecule has 25 nitrogen and oxygen atoms in total. The van der Waals surface area contributed by atoms with Crippen molar-refractivity contribution in [1.29, 1.82) is 0 Å². The molecule has 0 bridgehead atoms. The lowest BCUT2D eigenvalue weighted by Crippen LogP contribution is -2.46. The largest absolute Gasteiger partial charge is 0.481 e. The van der Waals surface area contributed by atoms with E-state index in [0.717, 1.165) is 99.6 Å². The van der Waals surface area contributed by atoms with E-state index in [1.165, 1.54) is 13.8 Å². The lowest BCUT2D eigenvalue weighted by atomic mass is 9.87. The van der Waals surface area contributed by atoms with E-state index in [4.69, 9.17) is 19.5 Å². The Kier molecular flexibility index (Phi) is 31.2. The number of rotatable bonds is 39. The van der Waals surface area contributed by atoms with Gasteiger partial charge in [-0.3, -0.25) is 32.5 Å². The first-order chi connectivity index (χ1) is 36.9. The number of phosphoric ester groups is 3. The number of anilines is 1. The number of allylic oxidation sites excluding steroid dienone is 12. The number of amides is 2. The second-order valence-electron chi connectivity index (χ2n) is 18.6. The Morgan fingerprint density at radius 2 is 1.41 bits per heavy atom. The summed E-state index contributed by atoms with van der Waals surface area (Å²) in [5, 5.41) is 36.7. The monoisotopic (exact) mass is 1180 g/mol. The number of carbonyl (C=O) groups is 3. The maximum Gasteiger partial charge on any atom is 0.481 e. The molecule has 0 aliphatic carbocycles. The second-order valence-corrected chi connectivity index (χ2v) is 23.9. The number of hydrogen-bond donors (Lipinski definition) is 10. The average Bonchev–Trinajstić information content (AvgIpc) is 4.01. The first kappa shape index (κ1) is 68.2. The first-order valence-electron chi connectivity index (χ1n) is 25.6. The molecule has 1 saturated heterocycles. The van der Waals surface area contributed by atoms with Crippen LogP contribution in [0.1, 0.15) is 117 Å². The molecule has 1 aliphatic heterocycles. The molecule has 3 heterocycles. The van der Waals surface area contributed by atoms with Crippen molar-refractivity contribution in [2.75, 3.05) is 37.8 Å². The molecular formula is C49H78N7O18P3S. The van der Waals surface area contributed by atoms with Crippen molar-refractivity contribution in [3.63, 3.8) is 0 Å². The van der Waals surface area contributed by atoms with Gasteiger partial charge in [0.15, 0.2) is 22.8 Å². The minimum Gasteiger partial charge on any atom is -0.393 e. The Bertz CT molecular complexity index is 2500. The van der Waals surface area contributed by atoms with Crippen LogP contribution < -0.4 is 16.4 Å². The predicted octanol–water partition coefficient (Wildman–Crippen LogP) is 6.45.